The first-order valence-corrected chi connectivity index (χ1v) is 8.26. The molecule has 0 aromatic carbocycles. The largest absolute Gasteiger partial charge is 0.362 e. The van der Waals surface area contributed by atoms with E-state index in [2.05, 4.69) is 27.5 Å². The summed E-state index contributed by atoms with van der Waals surface area (Å²) in [4.78, 5) is 19.1. The van der Waals surface area contributed by atoms with Gasteiger partial charge >= 0.3 is 5.69 Å². The summed E-state index contributed by atoms with van der Waals surface area (Å²) >= 11 is 1.85. The van der Waals surface area contributed by atoms with Crippen LogP contribution in [0.5, 0.6) is 0 Å². The van der Waals surface area contributed by atoms with Crippen LogP contribution in [0.25, 0.3) is 0 Å². The molecular weight excluding hydrogens is 290 g/mol. The Morgan fingerprint density at radius 3 is 2.67 bits per heavy atom. The summed E-state index contributed by atoms with van der Waals surface area (Å²) < 4.78 is 0. The predicted octanol–water partition coefficient (Wildman–Crippen LogP) is 3.07. The first-order chi connectivity index (χ1) is 9.99. The number of rotatable bonds is 9. The summed E-state index contributed by atoms with van der Waals surface area (Å²) in [6, 6.07) is 0.117. The van der Waals surface area contributed by atoms with Gasteiger partial charge in [-0.05, 0) is 38.7 Å². The standard InChI is InChI=1S/C13H23N5O2S/c1-5-14-13-16-10(4)11(18(19)20)12(17-13)15-9(3)7-8-21-6-2/h9H,5-8H2,1-4H3,(H2,14,15,16,17). The topological polar surface area (TPSA) is 93.0 Å². The smallest absolute Gasteiger partial charge is 0.332 e. The average molecular weight is 313 g/mol. The van der Waals surface area contributed by atoms with E-state index < -0.39 is 4.92 Å². The molecule has 1 rings (SSSR count). The summed E-state index contributed by atoms with van der Waals surface area (Å²) in [5.74, 6) is 2.79. The lowest BCUT2D eigenvalue weighted by Crippen LogP contribution is -2.19. The van der Waals surface area contributed by atoms with E-state index in [9.17, 15) is 10.1 Å². The predicted molar refractivity (Wildman–Crippen MR) is 88.3 cm³/mol. The fourth-order valence-corrected chi connectivity index (χ4v) is 2.64. The third kappa shape index (κ3) is 5.37. The first-order valence-electron chi connectivity index (χ1n) is 7.10. The Morgan fingerprint density at radius 2 is 2.10 bits per heavy atom. The van der Waals surface area contributed by atoms with Gasteiger partial charge in [-0.25, -0.2) is 4.98 Å². The van der Waals surface area contributed by atoms with Crippen molar-refractivity contribution in [1.82, 2.24) is 9.97 Å². The van der Waals surface area contributed by atoms with Crippen LogP contribution in [-0.2, 0) is 0 Å². The third-order valence-corrected chi connectivity index (χ3v) is 3.79. The number of anilines is 2. The number of aryl methyl sites for hydroxylation is 1. The molecule has 7 nitrogen and oxygen atoms in total. The molecule has 21 heavy (non-hydrogen) atoms. The van der Waals surface area contributed by atoms with Crippen molar-refractivity contribution in [3.05, 3.63) is 15.8 Å². The van der Waals surface area contributed by atoms with Crippen molar-refractivity contribution >= 4 is 29.2 Å². The molecule has 1 atom stereocenters. The summed E-state index contributed by atoms with van der Waals surface area (Å²) in [5, 5.41) is 17.4. The molecule has 1 unspecified atom stereocenters. The van der Waals surface area contributed by atoms with Gasteiger partial charge in [-0.3, -0.25) is 10.1 Å². The number of nitrogens with one attached hydrogen (secondary N) is 2. The Kier molecular flexibility index (Phi) is 7.21. The lowest BCUT2D eigenvalue weighted by Gasteiger charge is -2.15. The summed E-state index contributed by atoms with van der Waals surface area (Å²) in [7, 11) is 0. The third-order valence-electron chi connectivity index (χ3n) is 2.86. The van der Waals surface area contributed by atoms with Crippen LogP contribution < -0.4 is 10.6 Å². The second-order valence-electron chi connectivity index (χ2n) is 4.65. The highest BCUT2D eigenvalue weighted by Crippen LogP contribution is 2.27. The van der Waals surface area contributed by atoms with Gasteiger partial charge in [-0.2, -0.15) is 16.7 Å². The maximum atomic E-state index is 11.2. The van der Waals surface area contributed by atoms with Gasteiger partial charge < -0.3 is 10.6 Å². The Bertz CT molecular complexity index is 484. The molecule has 0 bridgehead atoms. The molecule has 118 valence electrons. The van der Waals surface area contributed by atoms with Crippen LogP contribution in [0.3, 0.4) is 0 Å². The Labute approximate surface area is 129 Å². The highest BCUT2D eigenvalue weighted by atomic mass is 32.2. The number of hydrogen-bond donors (Lipinski definition) is 2. The number of aromatic nitrogens is 2. The zero-order valence-electron chi connectivity index (χ0n) is 13.0. The van der Waals surface area contributed by atoms with E-state index in [1.807, 2.05) is 25.6 Å². The average Bonchev–Trinajstić information content (AvgIpc) is 2.38. The second-order valence-corrected chi connectivity index (χ2v) is 6.04. The van der Waals surface area contributed by atoms with Crippen LogP contribution in [-0.4, -0.2) is 39.0 Å². The fraction of sp³-hybridized carbons (Fsp3) is 0.692. The molecule has 0 amide bonds. The van der Waals surface area contributed by atoms with Gasteiger partial charge in [0.05, 0.1) is 4.92 Å². The molecule has 0 fully saturated rings. The highest BCUT2D eigenvalue weighted by molar-refractivity contribution is 7.99. The molecule has 0 saturated heterocycles. The van der Waals surface area contributed by atoms with E-state index in [0.717, 1.165) is 17.9 Å². The minimum atomic E-state index is -0.430. The van der Waals surface area contributed by atoms with Crippen LogP contribution in [0.4, 0.5) is 17.5 Å². The van der Waals surface area contributed by atoms with E-state index in [0.29, 0.717) is 18.2 Å². The van der Waals surface area contributed by atoms with Gasteiger partial charge in [0, 0.05) is 12.6 Å². The van der Waals surface area contributed by atoms with E-state index in [-0.39, 0.29) is 17.5 Å². The molecule has 2 N–H and O–H groups in total. The summed E-state index contributed by atoms with van der Waals surface area (Å²) in [5.41, 5.74) is 0.315. The number of nitro groups is 1. The van der Waals surface area contributed by atoms with Crippen LogP contribution in [0.15, 0.2) is 0 Å². The SMILES string of the molecule is CCNc1nc(C)c([N+](=O)[O-])c(NC(C)CCSCC)n1. The molecule has 0 aliphatic carbocycles. The van der Waals surface area contributed by atoms with Crippen molar-refractivity contribution < 1.29 is 4.92 Å². The highest BCUT2D eigenvalue weighted by Gasteiger charge is 2.23. The van der Waals surface area contributed by atoms with Crippen LogP contribution in [0.1, 0.15) is 32.9 Å². The van der Waals surface area contributed by atoms with Gasteiger partial charge in [-0.15, -0.1) is 0 Å². The van der Waals surface area contributed by atoms with Gasteiger partial charge in [0.2, 0.25) is 11.8 Å². The van der Waals surface area contributed by atoms with Gasteiger partial charge in [-0.1, -0.05) is 6.92 Å². The van der Waals surface area contributed by atoms with Gasteiger partial charge in [0.1, 0.15) is 5.69 Å². The number of thioether (sulfide) groups is 1. The van der Waals surface area contributed by atoms with E-state index >= 15 is 0 Å². The molecule has 0 saturated carbocycles. The molecule has 0 aliphatic heterocycles. The zero-order chi connectivity index (χ0) is 15.8. The van der Waals surface area contributed by atoms with E-state index in [4.69, 9.17) is 0 Å². The summed E-state index contributed by atoms with van der Waals surface area (Å²) in [6.07, 6.45) is 0.926. The van der Waals surface area contributed by atoms with Crippen molar-refractivity contribution in [3.63, 3.8) is 0 Å². The van der Waals surface area contributed by atoms with E-state index in [1.165, 1.54) is 0 Å². The van der Waals surface area contributed by atoms with E-state index in [1.54, 1.807) is 6.92 Å². The maximum absolute atomic E-state index is 11.2. The first kappa shape index (κ1) is 17.5. The zero-order valence-corrected chi connectivity index (χ0v) is 13.8. The minimum absolute atomic E-state index is 0.0494. The Balaban J connectivity index is 2.93. The van der Waals surface area contributed by atoms with Gasteiger partial charge in [0.25, 0.3) is 0 Å². The normalized spacial score (nSPS) is 12.0. The van der Waals surface area contributed by atoms with Crippen LogP contribution in [0.2, 0.25) is 0 Å². The second kappa shape index (κ2) is 8.66. The monoisotopic (exact) mass is 313 g/mol. The molecule has 0 aliphatic rings. The van der Waals surface area contributed by atoms with Gasteiger partial charge in [0.15, 0.2) is 0 Å². The number of hydrogen-bond acceptors (Lipinski definition) is 7. The van der Waals surface area contributed by atoms with Crippen molar-refractivity contribution in [2.24, 2.45) is 0 Å². The Morgan fingerprint density at radius 1 is 1.38 bits per heavy atom. The quantitative estimate of drug-likeness (QED) is 0.411. The molecular formula is C13H23N5O2S. The molecule has 0 radical (unpaired) electrons. The van der Waals surface area contributed by atoms with Crippen molar-refractivity contribution in [3.8, 4) is 0 Å². The number of nitrogens with zero attached hydrogens (tertiary/aromatic N) is 3. The maximum Gasteiger partial charge on any atom is 0.332 e. The Hall–Kier alpha value is -1.57. The lowest BCUT2D eigenvalue weighted by molar-refractivity contribution is -0.385. The molecule has 0 spiro atoms. The summed E-state index contributed by atoms with van der Waals surface area (Å²) in [6.45, 7) is 8.34. The molecule has 1 heterocycles. The fourth-order valence-electron chi connectivity index (χ4n) is 1.83. The minimum Gasteiger partial charge on any atom is -0.362 e. The molecule has 8 heteroatoms. The lowest BCUT2D eigenvalue weighted by atomic mass is 10.2. The van der Waals surface area contributed by atoms with Crippen LogP contribution >= 0.6 is 11.8 Å². The van der Waals surface area contributed by atoms with Crippen LogP contribution in [0, 0.1) is 17.0 Å². The molecule has 1 aromatic heterocycles. The van der Waals surface area contributed by atoms with Crippen molar-refractivity contribution in [2.75, 3.05) is 28.7 Å². The van der Waals surface area contributed by atoms with Crippen molar-refractivity contribution in [1.29, 1.82) is 0 Å². The van der Waals surface area contributed by atoms with Crippen molar-refractivity contribution in [2.45, 2.75) is 40.2 Å². The molecule has 1 aromatic rings.